The van der Waals surface area contributed by atoms with Gasteiger partial charge in [0.2, 0.25) is 0 Å². The highest BCUT2D eigenvalue weighted by molar-refractivity contribution is 5.78. The summed E-state index contributed by atoms with van der Waals surface area (Å²) in [4.78, 5) is 11.2. The Kier molecular flexibility index (Phi) is 2.89. The zero-order valence-corrected chi connectivity index (χ0v) is 7.66. The number of hydrogen-bond donors (Lipinski definition) is 2. The van der Waals surface area contributed by atoms with Crippen LogP contribution < -0.4 is 11.5 Å². The van der Waals surface area contributed by atoms with Crippen LogP contribution in [0.25, 0.3) is 0 Å². The largest absolute Gasteiger partial charge is 0.394 e. The predicted molar refractivity (Wildman–Crippen MR) is 51.0 cm³/mol. The van der Waals surface area contributed by atoms with E-state index in [9.17, 15) is 4.79 Å². The van der Waals surface area contributed by atoms with Crippen molar-refractivity contribution in [3.8, 4) is 0 Å². The molecule has 0 fully saturated rings. The molecule has 0 atom stereocenters. The van der Waals surface area contributed by atoms with Crippen LogP contribution in [0.3, 0.4) is 0 Å². The fourth-order valence-electron chi connectivity index (χ4n) is 1.06. The summed E-state index contributed by atoms with van der Waals surface area (Å²) in [6.07, 6.45) is 2.85. The molecular weight excluding hydrogens is 168 g/mol. The fraction of sp³-hybridized carbons (Fsp3) is 0.500. The summed E-state index contributed by atoms with van der Waals surface area (Å²) in [6, 6.07) is 0. The Balaban J connectivity index is 2.64. The molecule has 1 aromatic rings. The first kappa shape index (κ1) is 9.57. The lowest BCUT2D eigenvalue weighted by Crippen LogP contribution is -2.13. The zero-order valence-electron chi connectivity index (χ0n) is 7.66. The molecule has 72 valence electrons. The van der Waals surface area contributed by atoms with Crippen LogP contribution in [-0.4, -0.2) is 15.6 Å². The Morgan fingerprint density at radius 2 is 2.31 bits per heavy atom. The molecule has 0 aliphatic heterocycles. The third kappa shape index (κ3) is 2.21. The average Bonchev–Trinajstić information content (AvgIpc) is 2.37. The van der Waals surface area contributed by atoms with E-state index in [-0.39, 0.29) is 12.3 Å². The van der Waals surface area contributed by atoms with E-state index in [1.165, 1.54) is 10.9 Å². The number of carbonyl (C=O) groups excluding carboxylic acids is 1. The molecule has 0 amide bonds. The standard InChI is InChI=1S/C8H14N4O/c1-2-3-6(13)5-12-8(10)7(9)4-11-12/h4H,2-3,5,9-10H2,1H3. The van der Waals surface area contributed by atoms with Crippen LogP contribution >= 0.6 is 0 Å². The highest BCUT2D eigenvalue weighted by Gasteiger charge is 2.07. The molecule has 0 radical (unpaired) electrons. The first-order chi connectivity index (χ1) is 6.15. The van der Waals surface area contributed by atoms with Gasteiger partial charge in [-0.3, -0.25) is 4.79 Å². The molecule has 0 aliphatic rings. The highest BCUT2D eigenvalue weighted by atomic mass is 16.1. The first-order valence-corrected chi connectivity index (χ1v) is 4.23. The topological polar surface area (TPSA) is 86.9 Å². The van der Waals surface area contributed by atoms with Gasteiger partial charge in [0.15, 0.2) is 5.78 Å². The van der Waals surface area contributed by atoms with Gasteiger partial charge in [0.1, 0.15) is 12.4 Å². The minimum Gasteiger partial charge on any atom is -0.394 e. The molecule has 4 N–H and O–H groups in total. The smallest absolute Gasteiger partial charge is 0.154 e. The molecule has 1 aromatic heterocycles. The molecule has 0 unspecified atom stereocenters. The van der Waals surface area contributed by atoms with E-state index in [0.717, 1.165) is 6.42 Å². The number of Topliss-reactive ketones (excluding diaryl/α,β-unsaturated/α-hetero) is 1. The van der Waals surface area contributed by atoms with E-state index in [1.807, 2.05) is 6.92 Å². The SMILES string of the molecule is CCCC(=O)Cn1ncc(N)c1N. The van der Waals surface area contributed by atoms with Gasteiger partial charge in [-0.25, -0.2) is 4.68 Å². The minimum absolute atomic E-state index is 0.123. The normalized spacial score (nSPS) is 10.2. The number of carbonyl (C=O) groups is 1. The number of nitrogen functional groups attached to an aromatic ring is 2. The summed E-state index contributed by atoms with van der Waals surface area (Å²) in [5.41, 5.74) is 11.5. The Hall–Kier alpha value is -1.52. The number of rotatable bonds is 4. The van der Waals surface area contributed by atoms with Gasteiger partial charge in [-0.1, -0.05) is 6.92 Å². The average molecular weight is 182 g/mol. The lowest BCUT2D eigenvalue weighted by atomic mass is 10.2. The van der Waals surface area contributed by atoms with Crippen LogP contribution in [-0.2, 0) is 11.3 Å². The number of aromatic nitrogens is 2. The van der Waals surface area contributed by atoms with Crippen molar-refractivity contribution in [3.63, 3.8) is 0 Å². The maximum Gasteiger partial charge on any atom is 0.154 e. The summed E-state index contributed by atoms with van der Waals surface area (Å²) >= 11 is 0. The van der Waals surface area contributed by atoms with Crippen LogP contribution in [0, 0.1) is 0 Å². The van der Waals surface area contributed by atoms with Crippen LogP contribution in [0.15, 0.2) is 6.20 Å². The lowest BCUT2D eigenvalue weighted by molar-refractivity contribution is -0.119. The summed E-state index contributed by atoms with van der Waals surface area (Å²) in [7, 11) is 0. The van der Waals surface area contributed by atoms with Crippen molar-refractivity contribution >= 4 is 17.3 Å². The summed E-state index contributed by atoms with van der Waals surface area (Å²) in [6.45, 7) is 2.18. The monoisotopic (exact) mass is 182 g/mol. The first-order valence-electron chi connectivity index (χ1n) is 4.23. The Bertz CT molecular complexity index is 305. The Morgan fingerprint density at radius 1 is 1.62 bits per heavy atom. The molecule has 5 nitrogen and oxygen atoms in total. The molecule has 13 heavy (non-hydrogen) atoms. The number of ketones is 1. The summed E-state index contributed by atoms with van der Waals surface area (Å²) < 4.78 is 1.42. The van der Waals surface area contributed by atoms with Gasteiger partial charge in [0, 0.05) is 6.42 Å². The minimum atomic E-state index is 0.123. The number of anilines is 2. The van der Waals surface area contributed by atoms with Crippen LogP contribution in [0.2, 0.25) is 0 Å². The third-order valence-corrected chi connectivity index (χ3v) is 1.77. The van der Waals surface area contributed by atoms with Crippen molar-refractivity contribution in [2.75, 3.05) is 11.5 Å². The van der Waals surface area contributed by atoms with Gasteiger partial charge >= 0.3 is 0 Å². The molecule has 1 rings (SSSR count). The van der Waals surface area contributed by atoms with Crippen LogP contribution in [0.4, 0.5) is 11.5 Å². The van der Waals surface area contributed by atoms with Gasteiger partial charge in [0.05, 0.1) is 11.9 Å². The van der Waals surface area contributed by atoms with Crippen molar-refractivity contribution in [1.82, 2.24) is 9.78 Å². The Morgan fingerprint density at radius 3 is 2.77 bits per heavy atom. The second kappa shape index (κ2) is 3.93. The fourth-order valence-corrected chi connectivity index (χ4v) is 1.06. The van der Waals surface area contributed by atoms with Crippen LogP contribution in [0.5, 0.6) is 0 Å². The van der Waals surface area contributed by atoms with Gasteiger partial charge in [0.25, 0.3) is 0 Å². The zero-order chi connectivity index (χ0) is 9.84. The van der Waals surface area contributed by atoms with Crippen molar-refractivity contribution in [1.29, 1.82) is 0 Å². The van der Waals surface area contributed by atoms with E-state index >= 15 is 0 Å². The molecule has 0 bridgehead atoms. The quantitative estimate of drug-likeness (QED) is 0.706. The highest BCUT2D eigenvalue weighted by Crippen LogP contribution is 2.12. The second-order valence-corrected chi connectivity index (χ2v) is 2.93. The van der Waals surface area contributed by atoms with Gasteiger partial charge in [-0.05, 0) is 6.42 Å². The van der Waals surface area contributed by atoms with Crippen LogP contribution in [0.1, 0.15) is 19.8 Å². The molecule has 0 saturated carbocycles. The molecular formula is C8H14N4O. The predicted octanol–water partition coefficient (Wildman–Crippen LogP) is 0.417. The van der Waals surface area contributed by atoms with Crippen molar-refractivity contribution in [2.45, 2.75) is 26.3 Å². The molecule has 5 heteroatoms. The molecule has 0 saturated heterocycles. The van der Waals surface area contributed by atoms with E-state index in [2.05, 4.69) is 5.10 Å². The third-order valence-electron chi connectivity index (χ3n) is 1.77. The van der Waals surface area contributed by atoms with Crippen molar-refractivity contribution in [2.24, 2.45) is 0 Å². The van der Waals surface area contributed by atoms with E-state index in [1.54, 1.807) is 0 Å². The van der Waals surface area contributed by atoms with Crippen molar-refractivity contribution in [3.05, 3.63) is 6.20 Å². The summed E-state index contributed by atoms with van der Waals surface area (Å²) in [5, 5.41) is 3.88. The van der Waals surface area contributed by atoms with Gasteiger partial charge in [-0.2, -0.15) is 5.10 Å². The van der Waals surface area contributed by atoms with Gasteiger partial charge in [-0.15, -0.1) is 0 Å². The van der Waals surface area contributed by atoms with E-state index in [4.69, 9.17) is 11.5 Å². The number of hydrogen-bond acceptors (Lipinski definition) is 4. The second-order valence-electron chi connectivity index (χ2n) is 2.93. The lowest BCUT2D eigenvalue weighted by Gasteiger charge is -2.02. The molecule has 1 heterocycles. The van der Waals surface area contributed by atoms with Crippen molar-refractivity contribution < 1.29 is 4.79 Å². The van der Waals surface area contributed by atoms with E-state index < -0.39 is 0 Å². The maximum atomic E-state index is 11.2. The number of nitrogens with two attached hydrogens (primary N) is 2. The molecule has 0 aliphatic carbocycles. The Labute approximate surface area is 76.7 Å². The summed E-state index contributed by atoms with van der Waals surface area (Å²) in [5.74, 6) is 0.488. The maximum absolute atomic E-state index is 11.2. The number of nitrogens with zero attached hydrogens (tertiary/aromatic N) is 2. The molecule has 0 aromatic carbocycles. The van der Waals surface area contributed by atoms with E-state index in [0.29, 0.717) is 17.9 Å². The van der Waals surface area contributed by atoms with Gasteiger partial charge < -0.3 is 11.5 Å². The molecule has 0 spiro atoms.